The average molecular weight is 1180 g/mol. The van der Waals surface area contributed by atoms with Crippen LogP contribution in [0.4, 0.5) is 28.8 Å². The normalized spacial score (nSPS) is 13.6. The van der Waals surface area contributed by atoms with Gasteiger partial charge in [0.05, 0.1) is 73.4 Å². The molecule has 0 saturated carbocycles. The van der Waals surface area contributed by atoms with E-state index in [4.69, 9.17) is 30.5 Å². The van der Waals surface area contributed by atoms with Crippen LogP contribution in [0.3, 0.4) is 0 Å². The van der Waals surface area contributed by atoms with Gasteiger partial charge in [-0.15, -0.1) is 5.10 Å². The molecule has 436 valence electrons. The first kappa shape index (κ1) is 60.6. The summed E-state index contributed by atoms with van der Waals surface area (Å²) < 4.78 is 79.0. The standard InChI is InChI=1S/C57H68ClN11O11S2/c1-38(2)81(73,74)52-10-8-7-9-49(52)62-56-48(58)35-60-57(63-56)61-43-13-15-44(16-14-43)69-24-22-68(23-25-69)37-53(70)59-21-26-78-27-28-79-29-30-80-45-17-19-46(20-18-45)82(75,76)66(4)36-42-31-40(12-11-39(42)3)47(34-54(71)72)41-32-50-55(51(33-41)77-6)67(5)65-64-50/h7-20,31-33,35,38,47H,21-30,34,36-37H2,1-6H3,(H,59,70)(H,71,72)(H2,60,61,62,63). The third kappa shape index (κ3) is 15.4. The summed E-state index contributed by atoms with van der Waals surface area (Å²) in [6.07, 6.45) is 1.24. The molecule has 1 aliphatic heterocycles. The Morgan fingerprint density at radius 2 is 1.55 bits per heavy atom. The molecule has 1 saturated heterocycles. The molecule has 82 heavy (non-hydrogen) atoms. The van der Waals surface area contributed by atoms with Gasteiger partial charge in [-0.1, -0.05) is 47.1 Å². The van der Waals surface area contributed by atoms with Crippen LogP contribution < -0.4 is 30.3 Å². The van der Waals surface area contributed by atoms with Crippen molar-refractivity contribution < 1.29 is 50.5 Å². The Morgan fingerprint density at radius 1 is 0.841 bits per heavy atom. The van der Waals surface area contributed by atoms with Gasteiger partial charge in [-0.25, -0.2) is 26.5 Å². The fourth-order valence-electron chi connectivity index (χ4n) is 9.25. The topological polar surface area (TPSA) is 262 Å². The van der Waals surface area contributed by atoms with Crippen LogP contribution in [-0.2, 0) is 52.5 Å². The number of aromatic nitrogens is 5. The summed E-state index contributed by atoms with van der Waals surface area (Å²) in [6, 6.07) is 29.8. The second-order valence-corrected chi connectivity index (χ2v) is 24.8. The van der Waals surface area contributed by atoms with E-state index < -0.39 is 37.0 Å². The van der Waals surface area contributed by atoms with Gasteiger partial charge in [0, 0.05) is 70.7 Å². The number of sulfonamides is 1. The number of methoxy groups -OCH3 is 1. The summed E-state index contributed by atoms with van der Waals surface area (Å²) >= 11 is 6.42. The van der Waals surface area contributed by atoms with E-state index in [9.17, 15) is 31.5 Å². The van der Waals surface area contributed by atoms with Gasteiger partial charge in [0.1, 0.15) is 34.2 Å². The van der Waals surface area contributed by atoms with Gasteiger partial charge in [-0.05, 0) is 116 Å². The lowest BCUT2D eigenvalue weighted by Gasteiger charge is -2.35. The predicted octanol–water partition coefficient (Wildman–Crippen LogP) is 7.18. The minimum Gasteiger partial charge on any atom is -0.494 e. The van der Waals surface area contributed by atoms with E-state index in [0.717, 1.165) is 35.6 Å². The van der Waals surface area contributed by atoms with E-state index in [1.54, 1.807) is 74.1 Å². The van der Waals surface area contributed by atoms with Gasteiger partial charge in [0.25, 0.3) is 0 Å². The molecule has 1 amide bonds. The molecule has 3 heterocycles. The molecular weight excluding hydrogens is 1110 g/mol. The van der Waals surface area contributed by atoms with E-state index in [0.29, 0.717) is 78.8 Å². The van der Waals surface area contributed by atoms with Gasteiger partial charge in [-0.2, -0.15) is 9.29 Å². The van der Waals surface area contributed by atoms with Gasteiger partial charge >= 0.3 is 5.97 Å². The van der Waals surface area contributed by atoms with Gasteiger partial charge in [-0.3, -0.25) is 14.5 Å². The smallest absolute Gasteiger partial charge is 0.304 e. The highest BCUT2D eigenvalue weighted by atomic mass is 35.5. The molecule has 7 aromatic rings. The number of carboxylic acids is 1. The molecule has 0 spiro atoms. The van der Waals surface area contributed by atoms with Crippen LogP contribution in [0.5, 0.6) is 11.5 Å². The fourth-order valence-corrected chi connectivity index (χ4v) is 11.7. The van der Waals surface area contributed by atoms with Crippen LogP contribution in [0.15, 0.2) is 119 Å². The van der Waals surface area contributed by atoms with Crippen LogP contribution >= 0.6 is 11.6 Å². The molecule has 0 radical (unpaired) electrons. The monoisotopic (exact) mass is 1180 g/mol. The molecule has 1 fully saturated rings. The number of carboxylic acid groups (broad SMARTS) is 1. The number of halogens is 1. The summed E-state index contributed by atoms with van der Waals surface area (Å²) in [7, 11) is -2.70. The molecule has 0 aliphatic carbocycles. The van der Waals surface area contributed by atoms with Gasteiger partial charge in [0.2, 0.25) is 21.9 Å². The Balaban J connectivity index is 0.691. The highest BCUT2D eigenvalue weighted by Gasteiger charge is 2.27. The Kier molecular flexibility index (Phi) is 20.4. The zero-order valence-electron chi connectivity index (χ0n) is 46.5. The number of carbonyl (C=O) groups is 2. The van der Waals surface area contributed by atoms with Crippen molar-refractivity contribution in [3.8, 4) is 11.5 Å². The number of nitrogens with zero attached hydrogens (tertiary/aromatic N) is 8. The molecule has 25 heteroatoms. The van der Waals surface area contributed by atoms with Crippen molar-refractivity contribution >= 4 is 83.2 Å². The van der Waals surface area contributed by atoms with E-state index in [1.807, 2.05) is 49.4 Å². The molecule has 2 aromatic heterocycles. The van der Waals surface area contributed by atoms with Crippen molar-refractivity contribution in [3.05, 3.63) is 137 Å². The summed E-state index contributed by atoms with van der Waals surface area (Å²) in [4.78, 5) is 38.3. The average Bonchev–Trinajstić information content (AvgIpc) is 3.91. The number of rotatable bonds is 28. The first-order chi connectivity index (χ1) is 39.3. The number of ether oxygens (including phenoxy) is 4. The first-order valence-electron chi connectivity index (χ1n) is 26.6. The van der Waals surface area contributed by atoms with Gasteiger partial charge in [0.15, 0.2) is 15.7 Å². The number of hydrogen-bond donors (Lipinski definition) is 4. The number of hydrogen-bond acceptors (Lipinski definition) is 18. The van der Waals surface area contributed by atoms with Crippen molar-refractivity contribution in [2.45, 2.75) is 54.7 Å². The maximum Gasteiger partial charge on any atom is 0.304 e. The summed E-state index contributed by atoms with van der Waals surface area (Å²) in [5.74, 6) is -0.121. The zero-order valence-corrected chi connectivity index (χ0v) is 48.9. The van der Waals surface area contributed by atoms with Crippen molar-refractivity contribution in [1.29, 1.82) is 0 Å². The number of fused-ring (bicyclic) bond motifs is 1. The fraction of sp³-hybridized carbons (Fsp3) is 0.368. The van der Waals surface area contributed by atoms with Crippen LogP contribution in [0.25, 0.3) is 11.0 Å². The van der Waals surface area contributed by atoms with Gasteiger partial charge < -0.3 is 44.9 Å². The Morgan fingerprint density at radius 3 is 2.26 bits per heavy atom. The number of amides is 1. The van der Waals surface area contributed by atoms with E-state index >= 15 is 0 Å². The lowest BCUT2D eigenvalue weighted by Crippen LogP contribution is -2.49. The van der Waals surface area contributed by atoms with Crippen LogP contribution in [0.2, 0.25) is 5.02 Å². The summed E-state index contributed by atoms with van der Waals surface area (Å²) in [5.41, 5.74) is 6.36. The quantitative estimate of drug-likeness (QED) is 0.0354. The van der Waals surface area contributed by atoms with E-state index in [1.165, 1.54) is 36.8 Å². The van der Waals surface area contributed by atoms with Crippen molar-refractivity contribution in [2.75, 3.05) is 102 Å². The predicted molar refractivity (Wildman–Crippen MR) is 313 cm³/mol. The van der Waals surface area contributed by atoms with E-state index in [2.05, 4.69) is 46.0 Å². The Hall–Kier alpha value is -7.45. The molecule has 5 aromatic carbocycles. The third-order valence-electron chi connectivity index (χ3n) is 13.9. The van der Waals surface area contributed by atoms with Crippen LogP contribution in [0.1, 0.15) is 48.4 Å². The lowest BCUT2D eigenvalue weighted by atomic mass is 9.86. The third-order valence-corrected chi connectivity index (χ3v) is 18.2. The molecular formula is C57H68ClN11O11S2. The summed E-state index contributed by atoms with van der Waals surface area (Å²) in [5, 5.41) is 27.0. The maximum absolute atomic E-state index is 13.7. The van der Waals surface area contributed by atoms with Crippen molar-refractivity contribution in [2.24, 2.45) is 7.05 Å². The molecule has 1 aliphatic rings. The number of piperazine rings is 1. The first-order valence-corrected chi connectivity index (χ1v) is 29.9. The second-order valence-electron chi connectivity index (χ2n) is 19.8. The summed E-state index contributed by atoms with van der Waals surface area (Å²) in [6.45, 7) is 10.2. The van der Waals surface area contributed by atoms with Crippen molar-refractivity contribution in [1.82, 2.24) is 39.5 Å². The Bertz CT molecular complexity index is 3570. The number of nitrogens with one attached hydrogen (secondary N) is 3. The Labute approximate surface area is 482 Å². The highest BCUT2D eigenvalue weighted by Crippen LogP contribution is 2.36. The highest BCUT2D eigenvalue weighted by molar-refractivity contribution is 7.92. The maximum atomic E-state index is 13.7. The lowest BCUT2D eigenvalue weighted by molar-refractivity contribution is -0.137. The minimum atomic E-state index is -3.92. The molecule has 1 atom stereocenters. The number of aryl methyl sites for hydroxylation is 2. The van der Waals surface area contributed by atoms with Crippen LogP contribution in [-0.4, -0.2) is 160 Å². The number of benzene rings is 5. The SMILES string of the molecule is COc1cc(C(CC(=O)O)c2ccc(C)c(CN(C)S(=O)(=O)c3ccc(OCCOCCOCCNC(=O)CN4CCN(c5ccc(Nc6ncc(Cl)c(Nc7ccccc7S(=O)(=O)C(C)C)n6)cc5)CC4)cc3)c2)cc2nnn(C)c12. The zero-order chi connectivity index (χ0) is 58.6. The number of para-hydroxylation sites is 1. The largest absolute Gasteiger partial charge is 0.494 e. The number of aliphatic carboxylic acids is 1. The molecule has 0 bridgehead atoms. The minimum absolute atomic E-state index is 0.0463. The van der Waals surface area contributed by atoms with E-state index in [-0.39, 0.29) is 65.2 Å². The molecule has 4 N–H and O–H groups in total. The number of carbonyl (C=O) groups excluding carboxylic acids is 1. The second kappa shape index (κ2) is 27.5. The van der Waals surface area contributed by atoms with Crippen LogP contribution in [0, 0.1) is 6.92 Å². The molecule has 1 unspecified atom stereocenters. The molecule has 8 rings (SSSR count). The molecule has 22 nitrogen and oxygen atoms in total. The number of sulfone groups is 1. The van der Waals surface area contributed by atoms with Crippen molar-refractivity contribution in [3.63, 3.8) is 0 Å². The number of anilines is 5.